The van der Waals surface area contributed by atoms with E-state index in [1.807, 2.05) is 0 Å². The molecule has 4 nitrogen and oxygen atoms in total. The third kappa shape index (κ3) is 2.44. The Hall–Kier alpha value is -1.08. The van der Waals surface area contributed by atoms with Crippen LogP contribution in [-0.4, -0.2) is 9.59 Å². The Morgan fingerprint density at radius 3 is 2.82 bits per heavy atom. The Balaban J connectivity index is 2.46. The molecule has 2 rings (SSSR count). The van der Waals surface area contributed by atoms with Gasteiger partial charge in [-0.05, 0) is 30.6 Å². The van der Waals surface area contributed by atoms with Crippen LogP contribution in [-0.2, 0) is 0 Å². The zero-order chi connectivity index (χ0) is 12.4. The van der Waals surface area contributed by atoms with Crippen molar-refractivity contribution in [3.8, 4) is 0 Å². The van der Waals surface area contributed by atoms with E-state index >= 15 is 0 Å². The Kier molecular flexibility index (Phi) is 3.68. The van der Waals surface area contributed by atoms with Crippen LogP contribution in [0.4, 0.5) is 4.39 Å². The van der Waals surface area contributed by atoms with Gasteiger partial charge in [0.05, 0.1) is 16.6 Å². The van der Waals surface area contributed by atoms with Gasteiger partial charge in [-0.15, -0.1) is 5.10 Å². The molecule has 2 aromatic rings. The van der Waals surface area contributed by atoms with E-state index in [-0.39, 0.29) is 0 Å². The van der Waals surface area contributed by atoms with E-state index in [0.29, 0.717) is 10.6 Å². The zero-order valence-electron chi connectivity index (χ0n) is 8.95. The molecule has 0 aliphatic carbocycles. The minimum atomic E-state index is -0.465. The molecular weight excluding hydrogens is 263 g/mol. The van der Waals surface area contributed by atoms with Crippen LogP contribution in [0.2, 0.25) is 5.02 Å². The summed E-state index contributed by atoms with van der Waals surface area (Å²) in [5, 5.41) is 4.23. The van der Waals surface area contributed by atoms with Gasteiger partial charge in [0.25, 0.3) is 0 Å². The van der Waals surface area contributed by atoms with Crippen LogP contribution in [0.25, 0.3) is 0 Å². The van der Waals surface area contributed by atoms with Gasteiger partial charge in [-0.25, -0.2) is 9.82 Å². The van der Waals surface area contributed by atoms with Crippen molar-refractivity contribution < 1.29 is 4.39 Å². The monoisotopic (exact) mass is 272 g/mol. The second-order valence-corrected chi connectivity index (χ2v) is 4.71. The average Bonchev–Trinajstić information content (AvgIpc) is 2.69. The van der Waals surface area contributed by atoms with E-state index in [4.69, 9.17) is 17.4 Å². The van der Waals surface area contributed by atoms with Gasteiger partial charge >= 0.3 is 0 Å². The van der Waals surface area contributed by atoms with Gasteiger partial charge in [-0.2, -0.15) is 0 Å². The van der Waals surface area contributed by atoms with Gasteiger partial charge in [0.1, 0.15) is 5.82 Å². The molecule has 0 amide bonds. The Morgan fingerprint density at radius 2 is 2.29 bits per heavy atom. The first-order valence-electron chi connectivity index (χ1n) is 4.83. The summed E-state index contributed by atoms with van der Waals surface area (Å²) in [6.07, 6.45) is 0. The molecule has 1 aromatic heterocycles. The number of hydrogen-bond donors (Lipinski definition) is 2. The predicted octanol–water partition coefficient (Wildman–Crippen LogP) is 2.19. The minimum Gasteiger partial charge on any atom is -0.271 e. The number of nitrogens with one attached hydrogen (secondary N) is 1. The Morgan fingerprint density at radius 1 is 1.53 bits per heavy atom. The minimum absolute atomic E-state index is 0.348. The Labute approximate surface area is 107 Å². The highest BCUT2D eigenvalue weighted by atomic mass is 35.5. The van der Waals surface area contributed by atoms with Gasteiger partial charge in [0, 0.05) is 10.6 Å². The van der Waals surface area contributed by atoms with E-state index in [9.17, 15) is 4.39 Å². The lowest BCUT2D eigenvalue weighted by atomic mass is 10.0. The van der Waals surface area contributed by atoms with Crippen molar-refractivity contribution in [3.63, 3.8) is 0 Å². The van der Waals surface area contributed by atoms with E-state index in [2.05, 4.69) is 15.0 Å². The molecule has 0 spiro atoms. The molecule has 90 valence electrons. The molecule has 0 aliphatic heterocycles. The molecular formula is C10H10ClFN4S. The molecule has 3 N–H and O–H groups in total. The number of hydrogen-bond acceptors (Lipinski definition) is 5. The fourth-order valence-corrected chi connectivity index (χ4v) is 2.43. The first-order chi connectivity index (χ1) is 8.13. The number of benzene rings is 1. The topological polar surface area (TPSA) is 63.8 Å². The number of halogens is 2. The summed E-state index contributed by atoms with van der Waals surface area (Å²) in [5.74, 6) is 5.06. The summed E-state index contributed by atoms with van der Waals surface area (Å²) < 4.78 is 17.6. The van der Waals surface area contributed by atoms with Crippen LogP contribution >= 0.6 is 23.1 Å². The maximum Gasteiger partial charge on any atom is 0.129 e. The van der Waals surface area contributed by atoms with Crippen molar-refractivity contribution in [2.24, 2.45) is 5.84 Å². The Bertz CT molecular complexity index is 531. The molecule has 1 unspecified atom stereocenters. The molecule has 0 radical (unpaired) electrons. The van der Waals surface area contributed by atoms with E-state index in [0.717, 1.165) is 10.6 Å². The second-order valence-electron chi connectivity index (χ2n) is 3.49. The maximum absolute atomic E-state index is 13.8. The highest BCUT2D eigenvalue weighted by Gasteiger charge is 2.21. The molecule has 7 heteroatoms. The normalized spacial score (nSPS) is 12.7. The number of aromatic nitrogens is 2. The lowest BCUT2D eigenvalue weighted by molar-refractivity contribution is 0.562. The summed E-state index contributed by atoms with van der Waals surface area (Å²) >= 11 is 6.89. The van der Waals surface area contributed by atoms with Gasteiger partial charge in [-0.3, -0.25) is 5.84 Å². The van der Waals surface area contributed by atoms with Crippen molar-refractivity contribution in [3.05, 3.63) is 45.2 Å². The zero-order valence-corrected chi connectivity index (χ0v) is 10.5. The van der Waals surface area contributed by atoms with Crippen molar-refractivity contribution in [1.29, 1.82) is 0 Å². The van der Waals surface area contributed by atoms with Crippen LogP contribution in [0.5, 0.6) is 0 Å². The van der Waals surface area contributed by atoms with Gasteiger partial charge in [-0.1, -0.05) is 22.2 Å². The van der Waals surface area contributed by atoms with E-state index < -0.39 is 11.9 Å². The third-order valence-electron chi connectivity index (χ3n) is 2.39. The van der Waals surface area contributed by atoms with Crippen molar-refractivity contribution in [2.75, 3.05) is 0 Å². The molecule has 0 fully saturated rings. The summed E-state index contributed by atoms with van der Waals surface area (Å²) in [6.45, 7) is 1.80. The van der Waals surface area contributed by atoms with E-state index in [1.54, 1.807) is 19.1 Å². The molecule has 1 atom stereocenters. The molecule has 1 heterocycles. The number of aryl methyl sites for hydroxylation is 1. The molecule has 0 bridgehead atoms. The summed E-state index contributed by atoms with van der Waals surface area (Å²) in [6, 6.07) is 4.01. The van der Waals surface area contributed by atoms with Crippen molar-refractivity contribution in [2.45, 2.75) is 13.0 Å². The molecule has 17 heavy (non-hydrogen) atoms. The second kappa shape index (κ2) is 5.05. The van der Waals surface area contributed by atoms with Crippen LogP contribution in [0.1, 0.15) is 22.2 Å². The van der Waals surface area contributed by atoms with Gasteiger partial charge < -0.3 is 0 Å². The smallest absolute Gasteiger partial charge is 0.129 e. The highest BCUT2D eigenvalue weighted by molar-refractivity contribution is 7.05. The van der Waals surface area contributed by atoms with Crippen LogP contribution < -0.4 is 11.3 Å². The molecule has 0 aliphatic rings. The number of hydrazine groups is 1. The van der Waals surface area contributed by atoms with Crippen molar-refractivity contribution in [1.82, 2.24) is 15.0 Å². The van der Waals surface area contributed by atoms with Crippen molar-refractivity contribution >= 4 is 23.1 Å². The summed E-state index contributed by atoms with van der Waals surface area (Å²) in [7, 11) is 0. The molecule has 1 aromatic carbocycles. The number of rotatable bonds is 3. The number of nitrogens with two attached hydrogens (primary N) is 1. The maximum atomic E-state index is 13.8. The third-order valence-corrected chi connectivity index (χ3v) is 3.52. The van der Waals surface area contributed by atoms with E-state index in [1.165, 1.54) is 17.6 Å². The standard InChI is InChI=1S/C10H10ClFN4S/c1-5-10(17-16-15-5)9(14-13)7-3-2-6(11)4-8(7)12/h2-4,9,14H,13H2,1H3. The largest absolute Gasteiger partial charge is 0.271 e. The predicted molar refractivity (Wildman–Crippen MR) is 65.2 cm³/mol. The van der Waals surface area contributed by atoms with Gasteiger partial charge in [0.15, 0.2) is 0 Å². The summed E-state index contributed by atoms with van der Waals surface area (Å²) in [4.78, 5) is 0.786. The molecule has 0 saturated carbocycles. The lowest BCUT2D eigenvalue weighted by Crippen LogP contribution is -2.29. The lowest BCUT2D eigenvalue weighted by Gasteiger charge is -2.15. The average molecular weight is 273 g/mol. The quantitative estimate of drug-likeness (QED) is 0.664. The SMILES string of the molecule is Cc1nnsc1C(NN)c1ccc(Cl)cc1F. The van der Waals surface area contributed by atoms with Crippen LogP contribution in [0, 0.1) is 12.7 Å². The fourth-order valence-electron chi connectivity index (χ4n) is 1.54. The highest BCUT2D eigenvalue weighted by Crippen LogP contribution is 2.28. The van der Waals surface area contributed by atoms with Gasteiger partial charge in [0.2, 0.25) is 0 Å². The van der Waals surface area contributed by atoms with Crippen LogP contribution in [0.3, 0.4) is 0 Å². The van der Waals surface area contributed by atoms with Crippen LogP contribution in [0.15, 0.2) is 18.2 Å². The fraction of sp³-hybridized carbons (Fsp3) is 0.200. The first kappa shape index (κ1) is 12.4. The first-order valence-corrected chi connectivity index (χ1v) is 5.98. The number of nitrogens with zero attached hydrogens (tertiary/aromatic N) is 2. The molecule has 0 saturated heterocycles. The summed E-state index contributed by atoms with van der Waals surface area (Å²) in [5.41, 5.74) is 3.72.